The van der Waals surface area contributed by atoms with Crippen LogP contribution >= 0.6 is 0 Å². The van der Waals surface area contributed by atoms with Crippen LogP contribution in [0.25, 0.3) is 5.78 Å². The summed E-state index contributed by atoms with van der Waals surface area (Å²) in [5.74, 6) is 1.47. The maximum absolute atomic E-state index is 5.42. The van der Waals surface area contributed by atoms with E-state index in [1.165, 1.54) is 0 Å². The van der Waals surface area contributed by atoms with E-state index in [0.29, 0.717) is 12.3 Å². The number of rotatable bonds is 3. The summed E-state index contributed by atoms with van der Waals surface area (Å²) in [6.07, 6.45) is 5.44. The molecule has 2 aromatic heterocycles. The van der Waals surface area contributed by atoms with Crippen LogP contribution in [0.15, 0.2) is 12.4 Å². The van der Waals surface area contributed by atoms with Gasteiger partial charge in [0.25, 0.3) is 5.78 Å². The van der Waals surface area contributed by atoms with E-state index < -0.39 is 0 Å². The Labute approximate surface area is 82.0 Å². The Hall–Kier alpha value is -1.49. The minimum atomic E-state index is 0.655. The molecule has 0 aliphatic rings. The molecule has 0 fully saturated rings. The number of nitrogens with two attached hydrogens (primary N) is 1. The molecule has 14 heavy (non-hydrogen) atoms. The molecule has 0 aliphatic heterocycles. The van der Waals surface area contributed by atoms with Crippen LogP contribution in [0, 0.1) is 6.92 Å². The summed E-state index contributed by atoms with van der Waals surface area (Å²) in [7, 11) is 0. The lowest BCUT2D eigenvalue weighted by Gasteiger charge is -1.90. The second kappa shape index (κ2) is 3.71. The van der Waals surface area contributed by atoms with E-state index in [4.69, 9.17) is 5.73 Å². The molecule has 0 bridgehead atoms. The summed E-state index contributed by atoms with van der Waals surface area (Å²) in [5.41, 5.74) is 6.49. The normalized spacial score (nSPS) is 11.0. The fourth-order valence-corrected chi connectivity index (χ4v) is 1.28. The minimum Gasteiger partial charge on any atom is -0.330 e. The number of aromatic nitrogens is 4. The molecule has 5 heteroatoms. The molecule has 0 aliphatic carbocycles. The van der Waals surface area contributed by atoms with Crippen molar-refractivity contribution >= 4 is 5.78 Å². The average Bonchev–Trinajstić information content (AvgIpc) is 2.56. The van der Waals surface area contributed by atoms with Gasteiger partial charge < -0.3 is 5.73 Å². The molecule has 0 radical (unpaired) electrons. The fraction of sp³-hybridized carbons (Fsp3) is 0.444. The highest BCUT2D eigenvalue weighted by molar-refractivity contribution is 5.27. The van der Waals surface area contributed by atoms with Gasteiger partial charge in [0, 0.05) is 18.8 Å². The van der Waals surface area contributed by atoms with Gasteiger partial charge in [0.2, 0.25) is 0 Å². The molecule has 5 nitrogen and oxygen atoms in total. The summed E-state index contributed by atoms with van der Waals surface area (Å²) in [5, 5.41) is 4.30. The van der Waals surface area contributed by atoms with Gasteiger partial charge in [-0.3, -0.25) is 0 Å². The summed E-state index contributed by atoms with van der Waals surface area (Å²) in [6, 6.07) is 0. The van der Waals surface area contributed by atoms with Crippen molar-refractivity contribution in [3.8, 4) is 0 Å². The first-order chi connectivity index (χ1) is 6.79. The minimum absolute atomic E-state index is 0.655. The molecule has 2 rings (SSSR count). The van der Waals surface area contributed by atoms with Crippen LogP contribution in [-0.4, -0.2) is 26.1 Å². The molecule has 74 valence electrons. The van der Waals surface area contributed by atoms with Gasteiger partial charge in [0.1, 0.15) is 0 Å². The Morgan fingerprint density at radius 2 is 2.36 bits per heavy atom. The maximum atomic E-state index is 5.42. The van der Waals surface area contributed by atoms with Crippen LogP contribution in [-0.2, 0) is 6.42 Å². The molecule has 0 saturated carbocycles. The molecule has 0 unspecified atom stereocenters. The zero-order chi connectivity index (χ0) is 9.97. The molecule has 2 heterocycles. The highest BCUT2D eigenvalue weighted by Gasteiger charge is 2.03. The summed E-state index contributed by atoms with van der Waals surface area (Å²) >= 11 is 0. The Morgan fingerprint density at radius 1 is 1.50 bits per heavy atom. The Kier molecular flexibility index (Phi) is 2.41. The first-order valence-electron chi connectivity index (χ1n) is 4.67. The van der Waals surface area contributed by atoms with Crippen molar-refractivity contribution in [2.75, 3.05) is 6.54 Å². The largest absolute Gasteiger partial charge is 0.330 e. The number of hydrogen-bond donors (Lipinski definition) is 1. The van der Waals surface area contributed by atoms with Gasteiger partial charge >= 0.3 is 0 Å². The molecule has 0 amide bonds. The van der Waals surface area contributed by atoms with Crippen LogP contribution in [0.4, 0.5) is 0 Å². The smallest absolute Gasteiger partial charge is 0.252 e. The van der Waals surface area contributed by atoms with Crippen LogP contribution in [0.3, 0.4) is 0 Å². The van der Waals surface area contributed by atoms with Crippen LogP contribution < -0.4 is 5.73 Å². The van der Waals surface area contributed by atoms with Gasteiger partial charge in [-0.1, -0.05) is 0 Å². The van der Waals surface area contributed by atoms with Crippen molar-refractivity contribution in [2.45, 2.75) is 19.8 Å². The van der Waals surface area contributed by atoms with E-state index in [0.717, 1.165) is 24.2 Å². The van der Waals surface area contributed by atoms with Crippen molar-refractivity contribution in [1.29, 1.82) is 0 Å². The molecular formula is C9H13N5. The Balaban J connectivity index is 2.32. The van der Waals surface area contributed by atoms with E-state index in [1.54, 1.807) is 10.7 Å². The van der Waals surface area contributed by atoms with E-state index >= 15 is 0 Å². The average molecular weight is 191 g/mol. The van der Waals surface area contributed by atoms with Gasteiger partial charge in [-0.05, 0) is 25.5 Å². The molecule has 2 aromatic rings. The maximum Gasteiger partial charge on any atom is 0.252 e. The van der Waals surface area contributed by atoms with Crippen molar-refractivity contribution in [1.82, 2.24) is 19.6 Å². The number of fused-ring (bicyclic) bond motifs is 1. The van der Waals surface area contributed by atoms with Crippen molar-refractivity contribution < 1.29 is 0 Å². The van der Waals surface area contributed by atoms with Crippen LogP contribution in [0.5, 0.6) is 0 Å². The topological polar surface area (TPSA) is 69.1 Å². The van der Waals surface area contributed by atoms with Gasteiger partial charge in [-0.2, -0.15) is 4.98 Å². The van der Waals surface area contributed by atoms with Crippen molar-refractivity contribution in [3.05, 3.63) is 23.8 Å². The molecule has 0 saturated heterocycles. The van der Waals surface area contributed by atoms with E-state index in [-0.39, 0.29) is 0 Å². The predicted molar refractivity (Wildman–Crippen MR) is 52.9 cm³/mol. The van der Waals surface area contributed by atoms with E-state index in [1.807, 2.05) is 13.1 Å². The zero-order valence-corrected chi connectivity index (χ0v) is 8.14. The van der Waals surface area contributed by atoms with Crippen molar-refractivity contribution in [2.24, 2.45) is 5.73 Å². The van der Waals surface area contributed by atoms with Crippen LogP contribution in [0.2, 0.25) is 0 Å². The fourth-order valence-electron chi connectivity index (χ4n) is 1.28. The lowest BCUT2D eigenvalue weighted by atomic mass is 10.3. The highest BCUT2D eigenvalue weighted by atomic mass is 15.3. The third-order valence-electron chi connectivity index (χ3n) is 1.97. The van der Waals surface area contributed by atoms with Gasteiger partial charge in [-0.15, -0.1) is 5.10 Å². The number of nitrogens with zero attached hydrogens (tertiary/aromatic N) is 4. The Morgan fingerprint density at radius 3 is 3.14 bits per heavy atom. The lowest BCUT2D eigenvalue weighted by Crippen LogP contribution is -2.01. The standard InChI is InChI=1S/C9H13N5/c1-7-5-11-9-12-8(3-2-4-10)13-14(9)6-7/h5-6H,2-4,10H2,1H3. The summed E-state index contributed by atoms with van der Waals surface area (Å²) in [6.45, 7) is 2.65. The predicted octanol–water partition coefficient (Wildman–Crippen LogP) is 0.324. The molecule has 2 N–H and O–H groups in total. The first-order valence-corrected chi connectivity index (χ1v) is 4.67. The second-order valence-corrected chi connectivity index (χ2v) is 3.30. The Bertz CT molecular complexity index is 434. The number of aryl methyl sites for hydroxylation is 2. The first kappa shape index (κ1) is 9.08. The third-order valence-corrected chi connectivity index (χ3v) is 1.97. The molecule has 0 atom stereocenters. The third kappa shape index (κ3) is 1.72. The zero-order valence-electron chi connectivity index (χ0n) is 8.14. The molecular weight excluding hydrogens is 178 g/mol. The molecule has 0 spiro atoms. The highest BCUT2D eigenvalue weighted by Crippen LogP contribution is 2.01. The summed E-state index contributed by atoms with van der Waals surface area (Å²) in [4.78, 5) is 8.44. The lowest BCUT2D eigenvalue weighted by molar-refractivity contribution is 0.773. The number of hydrogen-bond acceptors (Lipinski definition) is 4. The van der Waals surface area contributed by atoms with E-state index in [2.05, 4.69) is 15.1 Å². The monoisotopic (exact) mass is 191 g/mol. The van der Waals surface area contributed by atoms with Crippen LogP contribution in [0.1, 0.15) is 17.8 Å². The molecule has 0 aromatic carbocycles. The quantitative estimate of drug-likeness (QED) is 0.758. The second-order valence-electron chi connectivity index (χ2n) is 3.30. The van der Waals surface area contributed by atoms with Gasteiger partial charge in [-0.25, -0.2) is 9.50 Å². The summed E-state index contributed by atoms with van der Waals surface area (Å²) < 4.78 is 1.71. The van der Waals surface area contributed by atoms with Crippen molar-refractivity contribution in [3.63, 3.8) is 0 Å². The van der Waals surface area contributed by atoms with Gasteiger partial charge in [0.05, 0.1) is 0 Å². The van der Waals surface area contributed by atoms with E-state index in [9.17, 15) is 0 Å². The SMILES string of the molecule is Cc1cnc2nc(CCCN)nn2c1. The van der Waals surface area contributed by atoms with Gasteiger partial charge in [0.15, 0.2) is 5.82 Å².